The zero-order chi connectivity index (χ0) is 18.2. The third-order valence-corrected chi connectivity index (χ3v) is 5.40. The second kappa shape index (κ2) is 6.34. The van der Waals surface area contributed by atoms with Crippen molar-refractivity contribution in [3.8, 4) is 0 Å². The van der Waals surface area contributed by atoms with Crippen LogP contribution in [0.5, 0.6) is 0 Å². The zero-order valence-electron chi connectivity index (χ0n) is 13.0. The minimum atomic E-state index is -3.99. The van der Waals surface area contributed by atoms with E-state index < -0.39 is 16.0 Å². The quantitative estimate of drug-likeness (QED) is 0.723. The maximum absolute atomic E-state index is 12.7. The first kappa shape index (κ1) is 17.2. The van der Waals surface area contributed by atoms with Crippen LogP contribution in [0.15, 0.2) is 53.6 Å². The van der Waals surface area contributed by atoms with Crippen LogP contribution >= 0.6 is 11.6 Å². The van der Waals surface area contributed by atoms with Crippen LogP contribution < -0.4 is 4.72 Å². The normalized spacial score (nSPS) is 11.4. The molecule has 1 aromatic heterocycles. The lowest BCUT2D eigenvalue weighted by Gasteiger charge is -2.12. The Bertz CT molecular complexity index is 1100. The second-order valence-electron chi connectivity index (χ2n) is 5.38. The van der Waals surface area contributed by atoms with Gasteiger partial charge in [0.15, 0.2) is 0 Å². The summed E-state index contributed by atoms with van der Waals surface area (Å²) in [5.41, 5.74) is 1.08. The van der Waals surface area contributed by atoms with Gasteiger partial charge in [-0.25, -0.2) is 13.2 Å². The number of aromatic carboxylic acids is 1. The Balaban J connectivity index is 2.08. The Morgan fingerprint density at radius 2 is 1.96 bits per heavy atom. The van der Waals surface area contributed by atoms with Gasteiger partial charge in [-0.1, -0.05) is 17.7 Å². The smallest absolute Gasteiger partial charge is 0.335 e. The zero-order valence-corrected chi connectivity index (χ0v) is 14.6. The van der Waals surface area contributed by atoms with Crippen LogP contribution in [-0.4, -0.2) is 24.5 Å². The molecule has 6 nitrogen and oxygen atoms in total. The van der Waals surface area contributed by atoms with Crippen molar-refractivity contribution in [3.63, 3.8) is 0 Å². The lowest BCUT2D eigenvalue weighted by molar-refractivity contribution is 0.0696. The number of carbonyl (C=O) groups is 1. The van der Waals surface area contributed by atoms with E-state index in [0.29, 0.717) is 21.5 Å². The Hall–Kier alpha value is -2.64. The van der Waals surface area contributed by atoms with Gasteiger partial charge in [0.1, 0.15) is 0 Å². The van der Waals surface area contributed by atoms with Gasteiger partial charge in [0, 0.05) is 11.6 Å². The van der Waals surface area contributed by atoms with E-state index in [1.54, 1.807) is 25.1 Å². The molecule has 0 spiro atoms. The minimum Gasteiger partial charge on any atom is -0.478 e. The molecule has 0 saturated heterocycles. The minimum absolute atomic E-state index is 0.0676. The highest BCUT2D eigenvalue weighted by Gasteiger charge is 2.19. The lowest BCUT2D eigenvalue weighted by Crippen LogP contribution is -2.14. The first-order valence-corrected chi connectivity index (χ1v) is 9.06. The summed E-state index contributed by atoms with van der Waals surface area (Å²) in [4.78, 5) is 15.3. The number of hydrogen-bond donors (Lipinski definition) is 2. The molecule has 1 heterocycles. The maximum atomic E-state index is 12.7. The van der Waals surface area contributed by atoms with Crippen LogP contribution in [0.2, 0.25) is 5.02 Å². The summed E-state index contributed by atoms with van der Waals surface area (Å²) in [6.45, 7) is 1.60. The van der Waals surface area contributed by atoms with Gasteiger partial charge in [-0.2, -0.15) is 0 Å². The predicted molar refractivity (Wildman–Crippen MR) is 95.7 cm³/mol. The number of halogens is 1. The van der Waals surface area contributed by atoms with Crippen molar-refractivity contribution in [1.82, 2.24) is 4.98 Å². The predicted octanol–water partition coefficient (Wildman–Crippen LogP) is 3.70. The standard InChI is InChI=1S/C17H13ClN2O4S/c1-10-4-5-11(9-13(10)17(21)22)25(23,24)20-15-7-6-14(18)12-3-2-8-19-16(12)15/h2-9,20H,1H3,(H,21,22). The molecule has 0 atom stereocenters. The van der Waals surface area contributed by atoms with E-state index in [-0.39, 0.29) is 16.1 Å². The number of sulfonamides is 1. The number of carboxylic acids is 1. The molecule has 0 radical (unpaired) electrons. The van der Waals surface area contributed by atoms with Crippen LogP contribution in [0.4, 0.5) is 5.69 Å². The molecule has 0 fully saturated rings. The number of hydrogen-bond acceptors (Lipinski definition) is 4. The highest BCUT2D eigenvalue weighted by Crippen LogP contribution is 2.29. The largest absolute Gasteiger partial charge is 0.478 e. The molecule has 25 heavy (non-hydrogen) atoms. The van der Waals surface area contributed by atoms with Gasteiger partial charge < -0.3 is 5.11 Å². The van der Waals surface area contributed by atoms with E-state index >= 15 is 0 Å². The number of pyridine rings is 1. The molecule has 0 aliphatic carbocycles. The Morgan fingerprint density at radius 3 is 2.68 bits per heavy atom. The summed E-state index contributed by atoms with van der Waals surface area (Å²) in [7, 11) is -3.99. The Labute approximate surface area is 149 Å². The highest BCUT2D eigenvalue weighted by atomic mass is 35.5. The summed E-state index contributed by atoms with van der Waals surface area (Å²) >= 11 is 6.11. The highest BCUT2D eigenvalue weighted by molar-refractivity contribution is 7.92. The number of nitrogens with zero attached hydrogens (tertiary/aromatic N) is 1. The van der Waals surface area contributed by atoms with Crippen LogP contribution in [0.1, 0.15) is 15.9 Å². The van der Waals surface area contributed by atoms with Crippen molar-refractivity contribution in [2.24, 2.45) is 0 Å². The number of anilines is 1. The number of aryl methyl sites for hydroxylation is 1. The molecule has 2 N–H and O–H groups in total. The number of aromatic nitrogens is 1. The summed E-state index contributed by atoms with van der Waals surface area (Å²) in [5.74, 6) is -1.19. The summed E-state index contributed by atoms with van der Waals surface area (Å²) < 4.78 is 27.8. The van der Waals surface area contributed by atoms with Crippen molar-refractivity contribution in [1.29, 1.82) is 0 Å². The molecule has 0 amide bonds. The molecule has 0 unspecified atom stereocenters. The van der Waals surface area contributed by atoms with Gasteiger partial charge in [0.25, 0.3) is 10.0 Å². The monoisotopic (exact) mass is 376 g/mol. The summed E-state index contributed by atoms with van der Waals surface area (Å²) in [6.07, 6.45) is 1.53. The molecular formula is C17H13ClN2O4S. The van der Waals surface area contributed by atoms with Crippen LogP contribution in [0, 0.1) is 6.92 Å². The van der Waals surface area contributed by atoms with Crippen LogP contribution in [0.25, 0.3) is 10.9 Å². The van der Waals surface area contributed by atoms with E-state index in [1.807, 2.05) is 0 Å². The molecule has 3 rings (SSSR count). The number of benzene rings is 2. The fraction of sp³-hybridized carbons (Fsp3) is 0.0588. The number of rotatable bonds is 4. The first-order chi connectivity index (χ1) is 11.8. The average Bonchev–Trinajstić information content (AvgIpc) is 2.57. The topological polar surface area (TPSA) is 96.4 Å². The van der Waals surface area contributed by atoms with Gasteiger partial charge in [-0.05, 0) is 48.9 Å². The van der Waals surface area contributed by atoms with Gasteiger partial charge in [0.05, 0.1) is 26.7 Å². The van der Waals surface area contributed by atoms with Gasteiger partial charge >= 0.3 is 5.97 Å². The molecule has 0 aliphatic rings. The van der Waals surface area contributed by atoms with Crippen molar-refractivity contribution in [3.05, 3.63) is 64.8 Å². The first-order valence-electron chi connectivity index (χ1n) is 7.19. The number of carboxylic acid groups (broad SMARTS) is 1. The fourth-order valence-corrected chi connectivity index (χ4v) is 3.73. The molecular weight excluding hydrogens is 364 g/mol. The van der Waals surface area contributed by atoms with Crippen LogP contribution in [-0.2, 0) is 10.0 Å². The molecule has 0 bridgehead atoms. The van der Waals surface area contributed by atoms with E-state index in [1.165, 1.54) is 24.4 Å². The van der Waals surface area contributed by atoms with Gasteiger partial charge in [-0.3, -0.25) is 9.71 Å². The van der Waals surface area contributed by atoms with Crippen LogP contribution in [0.3, 0.4) is 0 Å². The fourth-order valence-electron chi connectivity index (χ4n) is 2.42. The van der Waals surface area contributed by atoms with Crippen molar-refractivity contribution in [2.75, 3.05) is 4.72 Å². The molecule has 0 saturated carbocycles. The lowest BCUT2D eigenvalue weighted by atomic mass is 10.1. The van der Waals surface area contributed by atoms with Crippen molar-refractivity contribution < 1.29 is 18.3 Å². The van der Waals surface area contributed by atoms with E-state index in [9.17, 15) is 18.3 Å². The third-order valence-electron chi connectivity index (χ3n) is 3.71. The molecule has 2 aromatic carbocycles. The number of nitrogens with one attached hydrogen (secondary N) is 1. The number of fused-ring (bicyclic) bond motifs is 1. The molecule has 0 aliphatic heterocycles. The molecule has 128 valence electrons. The summed E-state index contributed by atoms with van der Waals surface area (Å²) in [5, 5.41) is 10.2. The van der Waals surface area contributed by atoms with Crippen molar-refractivity contribution in [2.45, 2.75) is 11.8 Å². The Kier molecular flexibility index (Phi) is 4.36. The average molecular weight is 377 g/mol. The second-order valence-corrected chi connectivity index (χ2v) is 7.47. The van der Waals surface area contributed by atoms with Gasteiger partial charge in [0.2, 0.25) is 0 Å². The van der Waals surface area contributed by atoms with E-state index in [2.05, 4.69) is 9.71 Å². The third kappa shape index (κ3) is 3.29. The molecule has 3 aromatic rings. The molecule has 8 heteroatoms. The van der Waals surface area contributed by atoms with Crippen molar-refractivity contribution >= 4 is 44.2 Å². The Morgan fingerprint density at radius 1 is 1.20 bits per heavy atom. The maximum Gasteiger partial charge on any atom is 0.335 e. The summed E-state index contributed by atoms with van der Waals surface area (Å²) in [6, 6.07) is 10.5. The SMILES string of the molecule is Cc1ccc(S(=O)(=O)Nc2ccc(Cl)c3cccnc23)cc1C(=O)O. The van der Waals surface area contributed by atoms with E-state index in [0.717, 1.165) is 6.07 Å². The van der Waals surface area contributed by atoms with E-state index in [4.69, 9.17) is 11.6 Å². The van der Waals surface area contributed by atoms with Gasteiger partial charge in [-0.15, -0.1) is 0 Å².